The fraction of sp³-hybridized carbons (Fsp3) is 0.136. The maximum Gasteiger partial charge on any atom is 0.329 e. The molecule has 2 N–H and O–H groups in total. The number of nitrogens with zero attached hydrogens (tertiary/aromatic N) is 2. The fourth-order valence-electron chi connectivity index (χ4n) is 3.04. The number of rotatable bonds is 5. The molecule has 7 nitrogen and oxygen atoms in total. The van der Waals surface area contributed by atoms with Gasteiger partial charge in [-0.05, 0) is 50.2 Å². The monoisotopic (exact) mass is 458 g/mol. The molecule has 2 aromatic carbocycles. The van der Waals surface area contributed by atoms with Gasteiger partial charge in [-0.15, -0.1) is 0 Å². The largest absolute Gasteiger partial charge is 0.497 e. The maximum absolute atomic E-state index is 12.1. The molecule has 9 heteroatoms. The van der Waals surface area contributed by atoms with Crippen molar-refractivity contribution in [2.75, 3.05) is 12.4 Å². The minimum atomic E-state index is -0.891. The van der Waals surface area contributed by atoms with Crippen LogP contribution < -0.4 is 15.5 Å². The number of amides is 2. The van der Waals surface area contributed by atoms with E-state index in [2.05, 4.69) is 15.8 Å². The first-order chi connectivity index (χ1) is 14.8. The van der Waals surface area contributed by atoms with E-state index in [0.717, 1.165) is 22.6 Å². The Bertz CT molecular complexity index is 1170. The zero-order valence-electron chi connectivity index (χ0n) is 17.1. The number of aromatic nitrogens is 1. The smallest absolute Gasteiger partial charge is 0.329 e. The number of nitrogens with one attached hydrogen (secondary N) is 2. The van der Waals surface area contributed by atoms with Crippen molar-refractivity contribution in [3.8, 4) is 11.4 Å². The predicted octanol–water partition coefficient (Wildman–Crippen LogP) is 4.50. The molecule has 0 aliphatic carbocycles. The Morgan fingerprint density at radius 2 is 1.81 bits per heavy atom. The van der Waals surface area contributed by atoms with Gasteiger partial charge in [0.2, 0.25) is 0 Å². The highest BCUT2D eigenvalue weighted by Crippen LogP contribution is 2.27. The molecule has 0 radical (unpaired) electrons. The van der Waals surface area contributed by atoms with Crippen LogP contribution in [0, 0.1) is 13.8 Å². The number of halogens is 2. The molecule has 0 aliphatic rings. The molecule has 0 saturated carbocycles. The van der Waals surface area contributed by atoms with Gasteiger partial charge in [0.1, 0.15) is 5.75 Å². The second-order valence-corrected chi connectivity index (χ2v) is 7.46. The molecule has 1 aromatic heterocycles. The molecule has 2 amide bonds. The molecule has 0 atom stereocenters. The second-order valence-electron chi connectivity index (χ2n) is 6.65. The highest BCUT2D eigenvalue weighted by Gasteiger charge is 2.14. The van der Waals surface area contributed by atoms with Crippen LogP contribution in [0.15, 0.2) is 53.6 Å². The Balaban J connectivity index is 1.68. The first kappa shape index (κ1) is 22.4. The summed E-state index contributed by atoms with van der Waals surface area (Å²) >= 11 is 12.1. The van der Waals surface area contributed by atoms with Crippen LogP contribution in [0.1, 0.15) is 17.0 Å². The summed E-state index contributed by atoms with van der Waals surface area (Å²) in [4.78, 5) is 24.1. The Labute approximate surface area is 189 Å². The molecule has 0 bridgehead atoms. The number of carbonyl (C=O) groups is 2. The molecule has 0 fully saturated rings. The summed E-state index contributed by atoms with van der Waals surface area (Å²) in [7, 11) is 1.51. The first-order valence-corrected chi connectivity index (χ1v) is 9.98. The Kier molecular flexibility index (Phi) is 6.99. The van der Waals surface area contributed by atoms with Crippen molar-refractivity contribution in [2.24, 2.45) is 5.10 Å². The number of hydrogen-bond acceptors (Lipinski definition) is 4. The highest BCUT2D eigenvalue weighted by atomic mass is 35.5. The number of hydrazone groups is 1. The SMILES string of the molecule is COc1cccc(NC(=O)C(=O)N/N=C/c2cc(C)n(-c3ccc(Cl)c(Cl)c3)c2C)c1. The summed E-state index contributed by atoms with van der Waals surface area (Å²) < 4.78 is 7.07. The van der Waals surface area contributed by atoms with Crippen LogP contribution in [0.25, 0.3) is 5.69 Å². The summed E-state index contributed by atoms with van der Waals surface area (Å²) in [6, 6.07) is 14.0. The maximum atomic E-state index is 12.1. The minimum absolute atomic E-state index is 0.439. The lowest BCUT2D eigenvalue weighted by atomic mass is 10.2. The van der Waals surface area contributed by atoms with Crippen LogP contribution >= 0.6 is 23.2 Å². The molecular formula is C22H20Cl2N4O3. The number of ether oxygens (including phenoxy) is 1. The molecule has 3 rings (SSSR count). The van der Waals surface area contributed by atoms with E-state index in [-0.39, 0.29) is 0 Å². The van der Waals surface area contributed by atoms with Crippen LogP contribution in [0.4, 0.5) is 5.69 Å². The number of anilines is 1. The molecule has 0 unspecified atom stereocenters. The minimum Gasteiger partial charge on any atom is -0.497 e. The lowest BCUT2D eigenvalue weighted by Crippen LogP contribution is -2.32. The fourth-order valence-corrected chi connectivity index (χ4v) is 3.33. The van der Waals surface area contributed by atoms with E-state index in [1.807, 2.05) is 30.5 Å². The van der Waals surface area contributed by atoms with Gasteiger partial charge in [-0.25, -0.2) is 5.43 Å². The molecule has 1 heterocycles. The van der Waals surface area contributed by atoms with Gasteiger partial charge in [0, 0.05) is 34.4 Å². The lowest BCUT2D eigenvalue weighted by molar-refractivity contribution is -0.136. The third-order valence-corrected chi connectivity index (χ3v) is 5.27. The van der Waals surface area contributed by atoms with Gasteiger partial charge in [-0.1, -0.05) is 29.3 Å². The number of benzene rings is 2. The number of aryl methyl sites for hydroxylation is 1. The topological polar surface area (TPSA) is 84.7 Å². The average molecular weight is 459 g/mol. The van der Waals surface area contributed by atoms with E-state index in [1.54, 1.807) is 36.4 Å². The molecule has 0 aliphatic heterocycles. The van der Waals surface area contributed by atoms with Crippen molar-refractivity contribution >= 4 is 46.9 Å². The van der Waals surface area contributed by atoms with Crippen LogP contribution in [0.3, 0.4) is 0 Å². The van der Waals surface area contributed by atoms with Crippen LogP contribution in [0.5, 0.6) is 5.75 Å². The van der Waals surface area contributed by atoms with Crippen molar-refractivity contribution < 1.29 is 14.3 Å². The number of carbonyl (C=O) groups excluding carboxylic acids is 2. The third kappa shape index (κ3) is 5.25. The molecule has 3 aromatic rings. The van der Waals surface area contributed by atoms with Gasteiger partial charge in [-0.3, -0.25) is 9.59 Å². The van der Waals surface area contributed by atoms with Gasteiger partial charge < -0.3 is 14.6 Å². The van der Waals surface area contributed by atoms with Gasteiger partial charge in [0.05, 0.1) is 23.4 Å². The van der Waals surface area contributed by atoms with Crippen molar-refractivity contribution in [2.45, 2.75) is 13.8 Å². The number of methoxy groups -OCH3 is 1. The highest BCUT2D eigenvalue weighted by molar-refractivity contribution is 6.42. The van der Waals surface area contributed by atoms with Crippen molar-refractivity contribution in [3.05, 3.63) is 75.5 Å². The van der Waals surface area contributed by atoms with Crippen molar-refractivity contribution in [1.82, 2.24) is 9.99 Å². The quantitative estimate of drug-likeness (QED) is 0.335. The summed E-state index contributed by atoms with van der Waals surface area (Å²) in [5, 5.41) is 7.33. The third-order valence-electron chi connectivity index (χ3n) is 4.54. The molecular weight excluding hydrogens is 439 g/mol. The van der Waals surface area contributed by atoms with E-state index in [4.69, 9.17) is 27.9 Å². The van der Waals surface area contributed by atoms with Crippen molar-refractivity contribution in [1.29, 1.82) is 0 Å². The molecule has 160 valence electrons. The zero-order chi connectivity index (χ0) is 22.5. The first-order valence-electron chi connectivity index (χ1n) is 9.23. The molecule has 0 spiro atoms. The van der Waals surface area contributed by atoms with E-state index < -0.39 is 11.8 Å². The normalized spacial score (nSPS) is 10.9. The Morgan fingerprint density at radius 3 is 2.52 bits per heavy atom. The molecule has 31 heavy (non-hydrogen) atoms. The summed E-state index contributed by atoms with van der Waals surface area (Å²) in [6.07, 6.45) is 1.48. The van der Waals surface area contributed by atoms with E-state index >= 15 is 0 Å². The van der Waals surface area contributed by atoms with Crippen LogP contribution in [0.2, 0.25) is 10.0 Å². The van der Waals surface area contributed by atoms with Gasteiger partial charge in [0.15, 0.2) is 0 Å². The van der Waals surface area contributed by atoms with Crippen LogP contribution in [-0.4, -0.2) is 29.7 Å². The summed E-state index contributed by atoms with van der Waals surface area (Å²) in [5.74, 6) is -1.17. The lowest BCUT2D eigenvalue weighted by Gasteiger charge is -2.10. The van der Waals surface area contributed by atoms with E-state index in [9.17, 15) is 9.59 Å². The molecule has 0 saturated heterocycles. The van der Waals surface area contributed by atoms with Crippen LogP contribution in [-0.2, 0) is 9.59 Å². The standard InChI is InChI=1S/C22H20Cl2N4O3/c1-13-9-15(14(2)28(13)17-7-8-19(23)20(24)11-17)12-25-27-22(30)21(29)26-16-5-4-6-18(10-16)31-3/h4-12H,1-3H3,(H,26,29)(H,27,30)/b25-12+. The average Bonchev–Trinajstić information content (AvgIpc) is 3.03. The van der Waals surface area contributed by atoms with E-state index in [1.165, 1.54) is 13.3 Å². The number of hydrogen-bond donors (Lipinski definition) is 2. The van der Waals surface area contributed by atoms with E-state index in [0.29, 0.717) is 21.5 Å². The van der Waals surface area contributed by atoms with Gasteiger partial charge in [0.25, 0.3) is 0 Å². The summed E-state index contributed by atoms with van der Waals surface area (Å²) in [5.41, 5.74) is 6.13. The van der Waals surface area contributed by atoms with Crippen molar-refractivity contribution in [3.63, 3.8) is 0 Å². The second kappa shape index (κ2) is 9.68. The van der Waals surface area contributed by atoms with Gasteiger partial charge >= 0.3 is 11.8 Å². The Hall–Kier alpha value is -3.29. The zero-order valence-corrected chi connectivity index (χ0v) is 18.6. The predicted molar refractivity (Wildman–Crippen MR) is 123 cm³/mol. The Morgan fingerprint density at radius 1 is 1.03 bits per heavy atom. The van der Waals surface area contributed by atoms with Gasteiger partial charge in [-0.2, -0.15) is 5.10 Å². The summed E-state index contributed by atoms with van der Waals surface area (Å²) in [6.45, 7) is 3.85.